The maximum atomic E-state index is 10.5. The van der Waals surface area contributed by atoms with E-state index in [1.54, 1.807) is 23.9 Å². The fraction of sp³-hybridized carbons (Fsp3) is 0.167. The van der Waals surface area contributed by atoms with Gasteiger partial charge in [-0.2, -0.15) is 0 Å². The van der Waals surface area contributed by atoms with Gasteiger partial charge in [0.2, 0.25) is 0 Å². The molecule has 0 bridgehead atoms. The predicted molar refractivity (Wildman–Crippen MR) is 69.3 cm³/mol. The van der Waals surface area contributed by atoms with Crippen LogP contribution in [0.4, 0.5) is 5.69 Å². The maximum absolute atomic E-state index is 10.5. The molecule has 0 spiro atoms. The van der Waals surface area contributed by atoms with Crippen molar-refractivity contribution in [3.05, 3.63) is 58.0 Å². The minimum atomic E-state index is -0.408. The van der Waals surface area contributed by atoms with Gasteiger partial charge in [-0.05, 0) is 24.3 Å². The van der Waals surface area contributed by atoms with Crippen molar-refractivity contribution in [3.8, 4) is 0 Å². The number of hydrogen-bond acceptors (Lipinski definition) is 5. The smallest absolute Gasteiger partial charge is 0.269 e. The van der Waals surface area contributed by atoms with Gasteiger partial charge in [-0.3, -0.25) is 10.1 Å². The second-order valence-corrected chi connectivity index (χ2v) is 4.66. The third-order valence-electron chi connectivity index (χ3n) is 2.35. The molecule has 1 aromatic heterocycles. The van der Waals surface area contributed by atoms with Gasteiger partial charge < -0.3 is 10.2 Å². The summed E-state index contributed by atoms with van der Waals surface area (Å²) in [6, 6.07) is 10.2. The van der Waals surface area contributed by atoms with Crippen molar-refractivity contribution in [2.45, 2.75) is 17.2 Å². The first-order valence-electron chi connectivity index (χ1n) is 5.34. The number of rotatable bonds is 5. The number of thioether (sulfide) groups is 1. The highest BCUT2D eigenvalue weighted by atomic mass is 32.2. The minimum absolute atomic E-state index is 0.0998. The highest BCUT2D eigenvalue weighted by Crippen LogP contribution is 2.25. The van der Waals surface area contributed by atoms with Crippen LogP contribution in [0.2, 0.25) is 0 Å². The Kier molecular flexibility index (Phi) is 4.01. The molecule has 0 aliphatic heterocycles. The molecule has 0 aliphatic carbocycles. The van der Waals surface area contributed by atoms with Gasteiger partial charge in [0.05, 0.1) is 17.2 Å². The molecular weight excluding hydrogens is 252 g/mol. The summed E-state index contributed by atoms with van der Waals surface area (Å²) in [4.78, 5) is 11.1. The van der Waals surface area contributed by atoms with E-state index in [1.165, 1.54) is 12.1 Å². The monoisotopic (exact) mass is 264 g/mol. The lowest BCUT2D eigenvalue weighted by Gasteiger charge is -1.99. The predicted octanol–water partition coefficient (Wildman–Crippen LogP) is 2.94. The average Bonchev–Trinajstić information content (AvgIpc) is 2.85. The Morgan fingerprint density at radius 1 is 1.17 bits per heavy atom. The van der Waals surface area contributed by atoms with Gasteiger partial charge in [0.15, 0.2) is 0 Å². The van der Waals surface area contributed by atoms with Crippen molar-refractivity contribution < 1.29 is 9.34 Å². The molecule has 0 saturated heterocycles. The van der Waals surface area contributed by atoms with Crippen LogP contribution in [0.5, 0.6) is 0 Å². The fourth-order valence-electron chi connectivity index (χ4n) is 1.43. The summed E-state index contributed by atoms with van der Waals surface area (Å²) >= 11 is 1.56. The van der Waals surface area contributed by atoms with Gasteiger partial charge >= 0.3 is 0 Å². The number of nitrogens with two attached hydrogens (primary N) is 1. The number of furan rings is 1. The van der Waals surface area contributed by atoms with Gasteiger partial charge in [0, 0.05) is 17.0 Å². The molecule has 0 unspecified atom stereocenters. The number of benzene rings is 1. The lowest BCUT2D eigenvalue weighted by atomic mass is 10.3. The van der Waals surface area contributed by atoms with Crippen LogP contribution in [0, 0.1) is 10.1 Å². The van der Waals surface area contributed by atoms with E-state index in [2.05, 4.69) is 0 Å². The highest BCUT2D eigenvalue weighted by molar-refractivity contribution is 7.98. The van der Waals surface area contributed by atoms with Crippen LogP contribution in [0.25, 0.3) is 0 Å². The van der Waals surface area contributed by atoms with E-state index in [-0.39, 0.29) is 5.69 Å². The average molecular weight is 264 g/mol. The quantitative estimate of drug-likeness (QED) is 0.510. The van der Waals surface area contributed by atoms with Gasteiger partial charge in [0.25, 0.3) is 5.69 Å². The third kappa shape index (κ3) is 3.12. The second-order valence-electron chi connectivity index (χ2n) is 3.61. The molecule has 2 aromatic rings. The number of non-ortho nitro benzene ring substituents is 1. The minimum Gasteiger partial charge on any atom is -0.464 e. The van der Waals surface area contributed by atoms with Crippen LogP contribution in [0.1, 0.15) is 11.5 Å². The van der Waals surface area contributed by atoms with Gasteiger partial charge in [-0.15, -0.1) is 11.8 Å². The molecule has 94 valence electrons. The zero-order valence-corrected chi connectivity index (χ0v) is 10.4. The van der Waals surface area contributed by atoms with Crippen molar-refractivity contribution >= 4 is 17.4 Å². The summed E-state index contributed by atoms with van der Waals surface area (Å²) in [6.07, 6.45) is 0. The van der Waals surface area contributed by atoms with Crippen LogP contribution in [0.3, 0.4) is 0 Å². The molecule has 1 heterocycles. The summed E-state index contributed by atoms with van der Waals surface area (Å²) < 4.78 is 5.46. The molecule has 18 heavy (non-hydrogen) atoms. The Morgan fingerprint density at radius 2 is 1.83 bits per heavy atom. The number of nitro groups is 1. The van der Waals surface area contributed by atoms with E-state index < -0.39 is 4.92 Å². The lowest BCUT2D eigenvalue weighted by molar-refractivity contribution is -0.384. The first kappa shape index (κ1) is 12.7. The van der Waals surface area contributed by atoms with Gasteiger partial charge in [-0.25, -0.2) is 0 Å². The molecule has 0 fully saturated rings. The van der Waals surface area contributed by atoms with Gasteiger partial charge in [-0.1, -0.05) is 0 Å². The Labute approximate surface area is 108 Å². The summed E-state index contributed by atoms with van der Waals surface area (Å²) in [5.74, 6) is 2.28. The zero-order valence-electron chi connectivity index (χ0n) is 9.54. The lowest BCUT2D eigenvalue weighted by Crippen LogP contribution is -1.92. The van der Waals surface area contributed by atoms with Crippen molar-refractivity contribution in [3.63, 3.8) is 0 Å². The number of nitro benzene ring substituents is 1. The van der Waals surface area contributed by atoms with Crippen LogP contribution >= 0.6 is 11.8 Å². The summed E-state index contributed by atoms with van der Waals surface area (Å²) in [7, 11) is 0. The Hall–Kier alpha value is -1.79. The zero-order chi connectivity index (χ0) is 13.0. The number of hydrogen-bond donors (Lipinski definition) is 1. The first-order valence-corrected chi connectivity index (χ1v) is 6.32. The fourth-order valence-corrected chi connectivity index (χ4v) is 2.22. The van der Waals surface area contributed by atoms with E-state index in [0.717, 1.165) is 16.4 Å². The first-order chi connectivity index (χ1) is 8.69. The summed E-state index contributed by atoms with van der Waals surface area (Å²) in [6.45, 7) is 0.391. The molecule has 0 radical (unpaired) electrons. The van der Waals surface area contributed by atoms with E-state index in [1.807, 2.05) is 12.1 Å². The molecule has 0 amide bonds. The normalized spacial score (nSPS) is 10.5. The Morgan fingerprint density at radius 3 is 2.39 bits per heavy atom. The largest absolute Gasteiger partial charge is 0.464 e. The van der Waals surface area contributed by atoms with Crippen LogP contribution in [0.15, 0.2) is 45.7 Å². The molecule has 5 nitrogen and oxygen atoms in total. The standard InChI is InChI=1S/C12H12N2O3S/c13-7-10-3-4-11(17-10)8-18-12-5-1-9(2-6-12)14(15)16/h1-6H,7-8,13H2. The van der Waals surface area contributed by atoms with Crippen molar-refractivity contribution in [2.75, 3.05) is 0 Å². The molecule has 0 atom stereocenters. The molecular formula is C12H12N2O3S. The van der Waals surface area contributed by atoms with Crippen LogP contribution in [-0.2, 0) is 12.3 Å². The molecule has 6 heteroatoms. The maximum Gasteiger partial charge on any atom is 0.269 e. The molecule has 1 aromatic carbocycles. The van der Waals surface area contributed by atoms with E-state index in [4.69, 9.17) is 10.2 Å². The van der Waals surface area contributed by atoms with Crippen LogP contribution < -0.4 is 5.73 Å². The molecule has 0 aliphatic rings. The topological polar surface area (TPSA) is 82.3 Å². The second kappa shape index (κ2) is 5.70. The van der Waals surface area contributed by atoms with E-state index in [9.17, 15) is 10.1 Å². The highest BCUT2D eigenvalue weighted by Gasteiger charge is 2.05. The number of nitrogens with zero attached hydrogens (tertiary/aromatic N) is 1. The Bertz CT molecular complexity index is 537. The van der Waals surface area contributed by atoms with E-state index in [0.29, 0.717) is 12.3 Å². The van der Waals surface area contributed by atoms with Gasteiger partial charge in [0.1, 0.15) is 11.5 Å². The Balaban J connectivity index is 1.95. The summed E-state index contributed by atoms with van der Waals surface area (Å²) in [5, 5.41) is 10.5. The molecule has 2 N–H and O–H groups in total. The molecule has 2 rings (SSSR count). The third-order valence-corrected chi connectivity index (χ3v) is 3.38. The summed E-state index contributed by atoms with van der Waals surface area (Å²) in [5.41, 5.74) is 5.55. The van der Waals surface area contributed by atoms with E-state index >= 15 is 0 Å². The van der Waals surface area contributed by atoms with Crippen molar-refractivity contribution in [1.29, 1.82) is 0 Å². The van der Waals surface area contributed by atoms with Crippen molar-refractivity contribution in [1.82, 2.24) is 0 Å². The van der Waals surface area contributed by atoms with Crippen molar-refractivity contribution in [2.24, 2.45) is 5.73 Å². The van der Waals surface area contributed by atoms with Crippen LogP contribution in [-0.4, -0.2) is 4.92 Å². The molecule has 0 saturated carbocycles. The SMILES string of the molecule is NCc1ccc(CSc2ccc([N+](=O)[O-])cc2)o1.